The normalized spacial score (nSPS) is 13.8. The van der Waals surface area contributed by atoms with Gasteiger partial charge in [0.2, 0.25) is 0 Å². The van der Waals surface area contributed by atoms with Crippen molar-refractivity contribution in [2.75, 3.05) is 11.8 Å². The fourth-order valence-electron chi connectivity index (χ4n) is 1.82. The van der Waals surface area contributed by atoms with E-state index in [1.807, 2.05) is 6.07 Å². The second kappa shape index (κ2) is 9.21. The third-order valence-electron chi connectivity index (χ3n) is 2.66. The highest BCUT2D eigenvalue weighted by Gasteiger charge is 2.25. The van der Waals surface area contributed by atoms with E-state index in [1.165, 1.54) is 5.56 Å². The Kier molecular flexibility index (Phi) is 9.34. The first-order valence-corrected chi connectivity index (χ1v) is 7.41. The van der Waals surface area contributed by atoms with E-state index < -0.39 is 0 Å². The lowest BCUT2D eigenvalue weighted by Gasteiger charge is -2.26. The van der Waals surface area contributed by atoms with Crippen molar-refractivity contribution in [3.05, 3.63) is 35.9 Å². The number of hydrogen-bond acceptors (Lipinski definition) is 1. The van der Waals surface area contributed by atoms with Crippen molar-refractivity contribution in [3.8, 4) is 0 Å². The smallest absolute Gasteiger partial charge is 0.0310 e. The van der Waals surface area contributed by atoms with E-state index in [-0.39, 0.29) is 10.5 Å². The molecule has 0 fully saturated rings. The van der Waals surface area contributed by atoms with Gasteiger partial charge in [-0.2, -0.15) is 0 Å². The molecule has 4 heteroatoms. The Morgan fingerprint density at radius 1 is 1.00 bits per heavy atom. The fraction of sp³-hybridized carbons (Fsp3) is 0.538. The van der Waals surface area contributed by atoms with E-state index >= 15 is 0 Å². The van der Waals surface area contributed by atoms with Crippen molar-refractivity contribution < 1.29 is 0 Å². The maximum absolute atomic E-state index is 5.87. The van der Waals surface area contributed by atoms with Gasteiger partial charge in [0.1, 0.15) is 0 Å². The van der Waals surface area contributed by atoms with E-state index in [0.717, 1.165) is 25.7 Å². The van der Waals surface area contributed by atoms with Crippen LogP contribution in [0.3, 0.4) is 0 Å². The van der Waals surface area contributed by atoms with Gasteiger partial charge in [-0.3, -0.25) is 0 Å². The number of halogens is 3. The van der Waals surface area contributed by atoms with Crippen LogP contribution in [0.5, 0.6) is 0 Å². The molecule has 0 saturated carbocycles. The molecule has 0 aromatic heterocycles. The summed E-state index contributed by atoms with van der Waals surface area (Å²) < 4.78 is 0.102. The van der Waals surface area contributed by atoms with Crippen molar-refractivity contribution in [2.24, 2.45) is 0 Å². The highest BCUT2D eigenvalue weighted by molar-refractivity contribution is 9.10. The highest BCUT2D eigenvalue weighted by Crippen LogP contribution is 2.33. The van der Waals surface area contributed by atoms with Gasteiger partial charge in [-0.1, -0.05) is 46.3 Å². The van der Waals surface area contributed by atoms with Crippen molar-refractivity contribution in [1.82, 2.24) is 6.15 Å². The number of rotatable bonds is 7. The van der Waals surface area contributed by atoms with Gasteiger partial charge in [0.05, 0.1) is 0 Å². The van der Waals surface area contributed by atoms with Gasteiger partial charge in [0.25, 0.3) is 0 Å². The van der Waals surface area contributed by atoms with Crippen LogP contribution in [0.1, 0.15) is 24.8 Å². The molecule has 1 aromatic carbocycles. The Bertz CT molecular complexity index is 295. The van der Waals surface area contributed by atoms with Gasteiger partial charge in [-0.05, 0) is 31.2 Å². The van der Waals surface area contributed by atoms with Gasteiger partial charge in [0, 0.05) is 16.1 Å². The SMILES string of the molecule is ClCCCC(Br)(CCCl)Cc1ccccc1.N. The molecule has 3 N–H and O–H groups in total. The van der Waals surface area contributed by atoms with Crippen LogP contribution in [0, 0.1) is 0 Å². The van der Waals surface area contributed by atoms with Crippen LogP contribution in [-0.2, 0) is 6.42 Å². The molecule has 0 aliphatic heterocycles. The summed E-state index contributed by atoms with van der Waals surface area (Å²) in [6, 6.07) is 10.5. The van der Waals surface area contributed by atoms with E-state index in [0.29, 0.717) is 11.8 Å². The summed E-state index contributed by atoms with van der Waals surface area (Å²) in [5.41, 5.74) is 1.35. The van der Waals surface area contributed by atoms with Crippen LogP contribution in [0.25, 0.3) is 0 Å². The maximum atomic E-state index is 5.87. The van der Waals surface area contributed by atoms with Crippen molar-refractivity contribution >= 4 is 39.1 Å². The minimum Gasteiger partial charge on any atom is -0.344 e. The fourth-order valence-corrected chi connectivity index (χ4v) is 3.34. The monoisotopic (exact) mass is 339 g/mol. The molecule has 17 heavy (non-hydrogen) atoms. The molecule has 0 aliphatic carbocycles. The van der Waals surface area contributed by atoms with Crippen LogP contribution in [-0.4, -0.2) is 16.1 Å². The lowest BCUT2D eigenvalue weighted by molar-refractivity contribution is 0.528. The first-order valence-electron chi connectivity index (χ1n) is 5.55. The Morgan fingerprint density at radius 3 is 2.18 bits per heavy atom. The largest absolute Gasteiger partial charge is 0.344 e. The Hall–Kier alpha value is 0.240. The molecule has 0 spiro atoms. The van der Waals surface area contributed by atoms with Gasteiger partial charge in [-0.25, -0.2) is 0 Å². The second-order valence-corrected chi connectivity index (χ2v) is 6.48. The van der Waals surface area contributed by atoms with Crippen LogP contribution in [0.2, 0.25) is 0 Å². The third kappa shape index (κ3) is 6.66. The lowest BCUT2D eigenvalue weighted by atomic mass is 9.92. The second-order valence-electron chi connectivity index (χ2n) is 4.04. The molecule has 98 valence electrons. The average Bonchev–Trinajstić information content (AvgIpc) is 2.28. The van der Waals surface area contributed by atoms with Crippen LogP contribution in [0.15, 0.2) is 30.3 Å². The first-order chi connectivity index (χ1) is 7.70. The molecule has 0 heterocycles. The average molecular weight is 341 g/mol. The van der Waals surface area contributed by atoms with Crippen molar-refractivity contribution in [1.29, 1.82) is 0 Å². The Labute approximate surface area is 123 Å². The molecule has 0 radical (unpaired) electrons. The van der Waals surface area contributed by atoms with Crippen LogP contribution >= 0.6 is 39.1 Å². The number of hydrogen-bond donors (Lipinski definition) is 1. The van der Waals surface area contributed by atoms with E-state index in [9.17, 15) is 0 Å². The summed E-state index contributed by atoms with van der Waals surface area (Å²) in [7, 11) is 0. The summed E-state index contributed by atoms with van der Waals surface area (Å²) in [6.07, 6.45) is 4.08. The molecule has 1 atom stereocenters. The molecule has 1 aromatic rings. The summed E-state index contributed by atoms with van der Waals surface area (Å²) in [5, 5.41) is 0. The number of alkyl halides is 3. The zero-order valence-corrected chi connectivity index (χ0v) is 13.1. The first kappa shape index (κ1) is 17.2. The zero-order valence-electron chi connectivity index (χ0n) is 9.97. The van der Waals surface area contributed by atoms with E-state index in [2.05, 4.69) is 40.2 Å². The van der Waals surface area contributed by atoms with E-state index in [1.54, 1.807) is 0 Å². The molecule has 1 nitrogen and oxygen atoms in total. The summed E-state index contributed by atoms with van der Waals surface area (Å²) >= 11 is 15.5. The molecule has 0 aliphatic rings. The van der Waals surface area contributed by atoms with Crippen LogP contribution in [0.4, 0.5) is 0 Å². The lowest BCUT2D eigenvalue weighted by Crippen LogP contribution is -2.25. The summed E-state index contributed by atoms with van der Waals surface area (Å²) in [4.78, 5) is 0. The standard InChI is InChI=1S/C13H17BrCl2.H3N/c14-13(8-10-16,7-4-9-15)11-12-5-2-1-3-6-12;/h1-3,5-6H,4,7-11H2;1H3. The molecular weight excluding hydrogens is 321 g/mol. The predicted molar refractivity (Wildman–Crippen MR) is 82.1 cm³/mol. The Morgan fingerprint density at radius 2 is 1.65 bits per heavy atom. The van der Waals surface area contributed by atoms with Crippen LogP contribution < -0.4 is 6.15 Å². The van der Waals surface area contributed by atoms with Gasteiger partial charge >= 0.3 is 0 Å². The molecule has 0 bridgehead atoms. The summed E-state index contributed by atoms with van der Waals surface area (Å²) in [6.45, 7) is 0. The van der Waals surface area contributed by atoms with Crippen molar-refractivity contribution in [2.45, 2.75) is 30.0 Å². The molecular formula is C13H20BrCl2N. The zero-order chi connectivity index (χ0) is 11.9. The van der Waals surface area contributed by atoms with Gasteiger partial charge in [0.15, 0.2) is 0 Å². The Balaban J connectivity index is 0.00000256. The summed E-state index contributed by atoms with van der Waals surface area (Å²) in [5.74, 6) is 1.39. The van der Waals surface area contributed by atoms with Gasteiger partial charge in [-0.15, -0.1) is 23.2 Å². The minimum atomic E-state index is 0. The highest BCUT2D eigenvalue weighted by atomic mass is 79.9. The minimum absolute atomic E-state index is 0. The topological polar surface area (TPSA) is 35.0 Å². The molecule has 0 saturated heterocycles. The molecule has 0 amide bonds. The van der Waals surface area contributed by atoms with Crippen molar-refractivity contribution in [3.63, 3.8) is 0 Å². The third-order valence-corrected chi connectivity index (χ3v) is 4.19. The molecule has 1 rings (SSSR count). The molecule has 1 unspecified atom stereocenters. The van der Waals surface area contributed by atoms with Gasteiger partial charge < -0.3 is 6.15 Å². The predicted octanol–water partition coefficient (Wildman–Crippen LogP) is 5.17. The number of benzene rings is 1. The quantitative estimate of drug-likeness (QED) is 0.682. The maximum Gasteiger partial charge on any atom is 0.0310 e. The van der Waals surface area contributed by atoms with E-state index in [4.69, 9.17) is 23.2 Å².